The zero-order chi connectivity index (χ0) is 14.1. The molecule has 1 N–H and O–H groups in total. The van der Waals surface area contributed by atoms with Crippen molar-refractivity contribution in [3.05, 3.63) is 53.3 Å². The summed E-state index contributed by atoms with van der Waals surface area (Å²) in [6.45, 7) is 0. The van der Waals surface area contributed by atoms with Gasteiger partial charge in [-0.3, -0.25) is 4.79 Å². The fourth-order valence-corrected chi connectivity index (χ4v) is 2.48. The average Bonchev–Trinajstić information content (AvgIpc) is 2.81. The summed E-state index contributed by atoms with van der Waals surface area (Å²) in [5.41, 5.74) is 3.12. The molecular weight excluding hydrogens is 257 g/mol. The molecule has 1 aliphatic rings. The normalized spacial score (nSPS) is 13.2. The molecular formula is C16H14FNO2. The molecule has 2 aromatic carbocycles. The molecule has 102 valence electrons. The Bertz CT molecular complexity index is 682. The Morgan fingerprint density at radius 2 is 2.05 bits per heavy atom. The number of hydrogen-bond donors (Lipinski definition) is 1. The minimum Gasteiger partial charge on any atom is -0.492 e. The summed E-state index contributed by atoms with van der Waals surface area (Å²) in [4.78, 5) is 11.7. The van der Waals surface area contributed by atoms with Crippen LogP contribution in [0.15, 0.2) is 36.4 Å². The molecule has 2 aromatic rings. The maximum atomic E-state index is 13.6. The van der Waals surface area contributed by atoms with E-state index in [1.165, 1.54) is 13.2 Å². The van der Waals surface area contributed by atoms with Crippen LogP contribution in [0.25, 0.3) is 0 Å². The van der Waals surface area contributed by atoms with Crippen molar-refractivity contribution >= 4 is 17.2 Å². The van der Waals surface area contributed by atoms with Crippen LogP contribution in [0.2, 0.25) is 0 Å². The van der Waals surface area contributed by atoms with E-state index in [-0.39, 0.29) is 11.5 Å². The van der Waals surface area contributed by atoms with Crippen LogP contribution >= 0.6 is 0 Å². The maximum absolute atomic E-state index is 13.6. The third-order valence-corrected chi connectivity index (χ3v) is 3.48. The number of ketones is 1. The summed E-state index contributed by atoms with van der Waals surface area (Å²) >= 11 is 0. The second-order valence-corrected chi connectivity index (χ2v) is 4.74. The lowest BCUT2D eigenvalue weighted by molar-refractivity contribution is 0.0994. The minimum atomic E-state index is -0.422. The highest BCUT2D eigenvalue weighted by molar-refractivity contribution is 6.01. The molecule has 20 heavy (non-hydrogen) atoms. The van der Waals surface area contributed by atoms with Gasteiger partial charge in [-0.25, -0.2) is 4.39 Å². The molecule has 3 rings (SSSR count). The topological polar surface area (TPSA) is 38.3 Å². The van der Waals surface area contributed by atoms with Crippen LogP contribution in [0.5, 0.6) is 5.75 Å². The van der Waals surface area contributed by atoms with Gasteiger partial charge in [-0.2, -0.15) is 0 Å². The van der Waals surface area contributed by atoms with Crippen molar-refractivity contribution in [2.75, 3.05) is 12.4 Å². The van der Waals surface area contributed by atoms with Crippen molar-refractivity contribution < 1.29 is 13.9 Å². The van der Waals surface area contributed by atoms with Gasteiger partial charge in [-0.1, -0.05) is 12.1 Å². The molecule has 0 atom stereocenters. The van der Waals surface area contributed by atoms with Crippen molar-refractivity contribution in [1.29, 1.82) is 0 Å². The van der Waals surface area contributed by atoms with E-state index >= 15 is 0 Å². The van der Waals surface area contributed by atoms with Gasteiger partial charge in [0.1, 0.15) is 0 Å². The number of Topliss-reactive ketones (excluding diaryl/α,β-unsaturated/α-hetero) is 1. The highest BCUT2D eigenvalue weighted by atomic mass is 19.1. The molecule has 0 amide bonds. The van der Waals surface area contributed by atoms with Crippen LogP contribution in [0, 0.1) is 5.82 Å². The SMILES string of the molecule is COc1c(F)cccc1Nc1ccc2c(c1)C(=O)CC2. The number of benzene rings is 2. The number of ether oxygens (including phenoxy) is 1. The van der Waals surface area contributed by atoms with Gasteiger partial charge >= 0.3 is 0 Å². The van der Waals surface area contributed by atoms with Crippen molar-refractivity contribution in [1.82, 2.24) is 0 Å². The molecule has 0 radical (unpaired) electrons. The molecule has 4 heteroatoms. The lowest BCUT2D eigenvalue weighted by Gasteiger charge is -2.12. The van der Waals surface area contributed by atoms with E-state index in [0.717, 1.165) is 23.2 Å². The molecule has 0 aliphatic heterocycles. The summed E-state index contributed by atoms with van der Waals surface area (Å²) in [6.07, 6.45) is 1.37. The largest absolute Gasteiger partial charge is 0.492 e. The quantitative estimate of drug-likeness (QED) is 0.924. The number of carbonyl (C=O) groups is 1. The lowest BCUT2D eigenvalue weighted by atomic mass is 10.1. The second-order valence-electron chi connectivity index (χ2n) is 4.74. The van der Waals surface area contributed by atoms with Crippen LogP contribution in [-0.2, 0) is 6.42 Å². The van der Waals surface area contributed by atoms with Gasteiger partial charge < -0.3 is 10.1 Å². The highest BCUT2D eigenvalue weighted by Gasteiger charge is 2.19. The molecule has 0 fully saturated rings. The Morgan fingerprint density at radius 3 is 2.85 bits per heavy atom. The number of methoxy groups -OCH3 is 1. The van der Waals surface area contributed by atoms with Crippen LogP contribution in [-0.4, -0.2) is 12.9 Å². The molecule has 0 spiro atoms. The number of nitrogens with one attached hydrogen (secondary N) is 1. The second kappa shape index (κ2) is 4.96. The Hall–Kier alpha value is -2.36. The smallest absolute Gasteiger partial charge is 0.177 e. The Kier molecular flexibility index (Phi) is 3.14. The molecule has 0 unspecified atom stereocenters. The van der Waals surface area contributed by atoms with Crippen molar-refractivity contribution in [2.24, 2.45) is 0 Å². The van der Waals surface area contributed by atoms with E-state index in [4.69, 9.17) is 4.74 Å². The van der Waals surface area contributed by atoms with E-state index in [1.807, 2.05) is 18.2 Å². The third-order valence-electron chi connectivity index (χ3n) is 3.48. The number of aryl methyl sites for hydroxylation is 1. The molecule has 3 nitrogen and oxygen atoms in total. The number of anilines is 2. The van der Waals surface area contributed by atoms with Gasteiger partial charge in [0, 0.05) is 17.7 Å². The summed E-state index contributed by atoms with van der Waals surface area (Å²) in [5, 5.41) is 3.10. The van der Waals surface area contributed by atoms with Gasteiger partial charge in [-0.15, -0.1) is 0 Å². The first kappa shape index (κ1) is 12.7. The van der Waals surface area contributed by atoms with E-state index < -0.39 is 5.82 Å². The molecule has 0 saturated carbocycles. The summed E-state index contributed by atoms with van der Waals surface area (Å²) in [7, 11) is 1.43. The first-order valence-electron chi connectivity index (χ1n) is 6.44. The highest BCUT2D eigenvalue weighted by Crippen LogP contribution is 2.32. The Labute approximate surface area is 116 Å². The molecule has 0 saturated heterocycles. The van der Waals surface area contributed by atoms with Crippen LogP contribution in [0.3, 0.4) is 0 Å². The third kappa shape index (κ3) is 2.13. The number of hydrogen-bond acceptors (Lipinski definition) is 3. The lowest BCUT2D eigenvalue weighted by Crippen LogP contribution is -1.98. The number of halogens is 1. The monoisotopic (exact) mass is 271 g/mol. The predicted molar refractivity (Wildman–Crippen MR) is 75.3 cm³/mol. The minimum absolute atomic E-state index is 0.162. The number of carbonyl (C=O) groups excluding carboxylic acids is 1. The number of fused-ring (bicyclic) bond motifs is 1. The van der Waals surface area contributed by atoms with Gasteiger partial charge in [0.2, 0.25) is 0 Å². The van der Waals surface area contributed by atoms with Crippen molar-refractivity contribution in [2.45, 2.75) is 12.8 Å². The molecule has 0 bridgehead atoms. The Morgan fingerprint density at radius 1 is 1.20 bits per heavy atom. The molecule has 0 aromatic heterocycles. The van der Waals surface area contributed by atoms with Crippen LogP contribution < -0.4 is 10.1 Å². The molecule has 1 aliphatic carbocycles. The molecule has 0 heterocycles. The van der Waals surface area contributed by atoms with Crippen molar-refractivity contribution in [3.63, 3.8) is 0 Å². The standard InChI is InChI=1S/C16H14FNO2/c1-20-16-13(17)3-2-4-14(16)18-11-7-5-10-6-8-15(19)12(10)9-11/h2-5,7,9,18H,6,8H2,1H3. The first-order valence-corrected chi connectivity index (χ1v) is 6.44. The van der Waals surface area contributed by atoms with Crippen LogP contribution in [0.4, 0.5) is 15.8 Å². The Balaban J connectivity index is 1.95. The predicted octanol–water partition coefficient (Wildman–Crippen LogP) is 3.71. The van der Waals surface area contributed by atoms with E-state index in [1.54, 1.807) is 12.1 Å². The van der Waals surface area contributed by atoms with E-state index in [2.05, 4.69) is 5.32 Å². The number of rotatable bonds is 3. The zero-order valence-electron chi connectivity index (χ0n) is 11.1. The average molecular weight is 271 g/mol. The summed E-state index contributed by atoms with van der Waals surface area (Å²) in [5.74, 6) is -0.0936. The fourth-order valence-electron chi connectivity index (χ4n) is 2.48. The van der Waals surface area contributed by atoms with Gasteiger partial charge in [0.15, 0.2) is 17.3 Å². The zero-order valence-corrected chi connectivity index (χ0v) is 11.1. The van der Waals surface area contributed by atoms with Gasteiger partial charge in [0.25, 0.3) is 0 Å². The first-order chi connectivity index (χ1) is 9.69. The maximum Gasteiger partial charge on any atom is 0.177 e. The summed E-state index contributed by atoms with van der Waals surface area (Å²) in [6, 6.07) is 10.3. The summed E-state index contributed by atoms with van der Waals surface area (Å²) < 4.78 is 18.7. The number of para-hydroxylation sites is 1. The van der Waals surface area contributed by atoms with Crippen LogP contribution in [0.1, 0.15) is 22.3 Å². The van der Waals surface area contributed by atoms with Gasteiger partial charge in [0.05, 0.1) is 12.8 Å². The van der Waals surface area contributed by atoms with E-state index in [0.29, 0.717) is 12.1 Å². The fraction of sp³-hybridized carbons (Fsp3) is 0.188. The van der Waals surface area contributed by atoms with Crippen molar-refractivity contribution in [3.8, 4) is 5.75 Å². The van der Waals surface area contributed by atoms with Gasteiger partial charge in [-0.05, 0) is 36.2 Å². The van der Waals surface area contributed by atoms with E-state index in [9.17, 15) is 9.18 Å².